The lowest BCUT2D eigenvalue weighted by molar-refractivity contribution is 0.619. The van der Waals surface area contributed by atoms with Crippen LogP contribution in [0, 0.1) is 5.92 Å². The maximum absolute atomic E-state index is 4.70. The van der Waals surface area contributed by atoms with Crippen LogP contribution < -0.4 is 0 Å². The second-order valence-electron chi connectivity index (χ2n) is 10.8. The van der Waals surface area contributed by atoms with E-state index in [0.717, 1.165) is 31.3 Å². The Morgan fingerprint density at radius 3 is 2.41 bits per heavy atom. The van der Waals surface area contributed by atoms with Gasteiger partial charge in [0, 0.05) is 11.8 Å². The lowest BCUT2D eigenvalue weighted by Crippen LogP contribution is -2.21. The topological polar surface area (TPSA) is 0 Å². The van der Waals surface area contributed by atoms with E-state index in [1.807, 2.05) is 0 Å². The second-order valence-corrected chi connectivity index (χ2v) is 10.8. The first-order valence-electron chi connectivity index (χ1n) is 13.6. The number of fused-ring (bicyclic) bond motifs is 1. The van der Waals surface area contributed by atoms with Crippen LogP contribution in [0.5, 0.6) is 0 Å². The third-order valence-electron chi connectivity index (χ3n) is 8.13. The van der Waals surface area contributed by atoms with E-state index in [2.05, 4.69) is 113 Å². The summed E-state index contributed by atoms with van der Waals surface area (Å²) < 4.78 is 0. The van der Waals surface area contributed by atoms with E-state index in [9.17, 15) is 0 Å². The molecule has 0 radical (unpaired) electrons. The molecule has 0 aromatic heterocycles. The van der Waals surface area contributed by atoms with E-state index in [-0.39, 0.29) is 5.92 Å². The first-order chi connectivity index (χ1) is 17.9. The van der Waals surface area contributed by atoms with Gasteiger partial charge in [-0.25, -0.2) is 0 Å². The molecule has 0 saturated heterocycles. The van der Waals surface area contributed by atoms with Crippen molar-refractivity contribution >= 4 is 11.1 Å². The van der Waals surface area contributed by atoms with Gasteiger partial charge in [-0.2, -0.15) is 0 Å². The SMILES string of the molecule is C=C(CCC)C1=C(C)C=C2C/C(=C\C3=CC=C(c4ccccc4C(=C)C)C3)C(=C)C2C1c1ccccc1. The lowest BCUT2D eigenvalue weighted by Gasteiger charge is -2.34. The fourth-order valence-corrected chi connectivity index (χ4v) is 6.48. The Morgan fingerprint density at radius 1 is 0.946 bits per heavy atom. The molecule has 0 amide bonds. The Morgan fingerprint density at radius 2 is 1.68 bits per heavy atom. The van der Waals surface area contributed by atoms with E-state index >= 15 is 0 Å². The van der Waals surface area contributed by atoms with E-state index in [0.29, 0.717) is 5.92 Å². The molecule has 2 atom stereocenters. The van der Waals surface area contributed by atoms with Gasteiger partial charge in [-0.3, -0.25) is 0 Å². The average molecular weight is 483 g/mol. The molecular weight excluding hydrogens is 444 g/mol. The Hall–Kier alpha value is -3.64. The van der Waals surface area contributed by atoms with Crippen LogP contribution in [-0.2, 0) is 0 Å². The molecule has 0 spiro atoms. The van der Waals surface area contributed by atoms with Crippen molar-refractivity contribution < 1.29 is 0 Å². The number of rotatable bonds is 7. The first-order valence-corrected chi connectivity index (χ1v) is 13.6. The van der Waals surface area contributed by atoms with Crippen molar-refractivity contribution in [3.8, 4) is 0 Å². The molecule has 186 valence electrons. The number of hydrogen-bond acceptors (Lipinski definition) is 0. The molecule has 1 fully saturated rings. The Bertz CT molecular complexity index is 1430. The van der Waals surface area contributed by atoms with Crippen molar-refractivity contribution in [1.82, 2.24) is 0 Å². The molecule has 3 aliphatic carbocycles. The van der Waals surface area contributed by atoms with Gasteiger partial charge in [-0.15, -0.1) is 0 Å². The summed E-state index contributed by atoms with van der Waals surface area (Å²) in [5.41, 5.74) is 15.9. The maximum atomic E-state index is 4.70. The maximum Gasteiger partial charge on any atom is 0.0201 e. The molecule has 0 N–H and O–H groups in total. The quantitative estimate of drug-likeness (QED) is 0.368. The molecule has 0 aliphatic heterocycles. The average Bonchev–Trinajstić information content (AvgIpc) is 3.48. The summed E-state index contributed by atoms with van der Waals surface area (Å²) in [6.07, 6.45) is 13.5. The Labute approximate surface area is 223 Å². The number of hydrogen-bond donors (Lipinski definition) is 0. The molecule has 1 saturated carbocycles. The largest absolute Gasteiger partial charge is 0.0955 e. The van der Waals surface area contributed by atoms with Crippen molar-refractivity contribution in [2.45, 2.75) is 52.4 Å². The van der Waals surface area contributed by atoms with E-state index in [4.69, 9.17) is 6.58 Å². The van der Waals surface area contributed by atoms with Crippen molar-refractivity contribution in [3.63, 3.8) is 0 Å². The standard InChI is InChI=1S/C37H38/c1-7-13-25(4)35-26(5)20-32-23-31(27(6)36(32)37(35)29-14-9-8-10-15-29)22-28-18-19-30(21-28)34-17-12-11-16-33(34)24(2)3/h8-12,14-20,22,36-37H,2,4,6-7,13,21,23H2,1,3,5H3/b31-22+. The zero-order chi connectivity index (χ0) is 26.1. The fraction of sp³-hybridized carbons (Fsp3) is 0.243. The zero-order valence-electron chi connectivity index (χ0n) is 22.6. The van der Waals surface area contributed by atoms with Crippen molar-refractivity contribution in [2.75, 3.05) is 0 Å². The summed E-state index contributed by atoms with van der Waals surface area (Å²) in [5.74, 6) is 0.590. The summed E-state index contributed by atoms with van der Waals surface area (Å²) in [5, 5.41) is 0. The van der Waals surface area contributed by atoms with Gasteiger partial charge in [0.15, 0.2) is 0 Å². The second kappa shape index (κ2) is 10.4. The van der Waals surface area contributed by atoms with Crippen molar-refractivity contribution in [1.29, 1.82) is 0 Å². The fourth-order valence-electron chi connectivity index (χ4n) is 6.48. The summed E-state index contributed by atoms with van der Waals surface area (Å²) >= 11 is 0. The molecule has 3 aliphatic rings. The van der Waals surface area contributed by atoms with Gasteiger partial charge in [0.2, 0.25) is 0 Å². The van der Waals surface area contributed by atoms with Gasteiger partial charge in [0.1, 0.15) is 0 Å². The predicted octanol–water partition coefficient (Wildman–Crippen LogP) is 10.3. The third kappa shape index (κ3) is 4.74. The molecule has 2 aromatic rings. The lowest BCUT2D eigenvalue weighted by atomic mass is 9.69. The molecule has 0 nitrogen and oxygen atoms in total. The molecule has 5 rings (SSSR count). The van der Waals surface area contributed by atoms with Gasteiger partial charge < -0.3 is 0 Å². The van der Waals surface area contributed by atoms with E-state index in [1.54, 1.807) is 0 Å². The summed E-state index contributed by atoms with van der Waals surface area (Å²) in [6.45, 7) is 20.0. The van der Waals surface area contributed by atoms with Crippen LogP contribution in [0.4, 0.5) is 0 Å². The predicted molar refractivity (Wildman–Crippen MR) is 161 cm³/mol. The summed E-state index contributed by atoms with van der Waals surface area (Å²) in [4.78, 5) is 0. The molecular formula is C37H38. The monoisotopic (exact) mass is 482 g/mol. The molecule has 0 heterocycles. The third-order valence-corrected chi connectivity index (χ3v) is 8.13. The highest BCUT2D eigenvalue weighted by molar-refractivity contribution is 5.82. The van der Waals surface area contributed by atoms with Crippen molar-refractivity contribution in [3.05, 3.63) is 154 Å². The Kier molecular flexibility index (Phi) is 7.02. The minimum absolute atomic E-state index is 0.285. The van der Waals surface area contributed by atoms with Crippen LogP contribution >= 0.6 is 0 Å². The van der Waals surface area contributed by atoms with Gasteiger partial charge in [0.25, 0.3) is 0 Å². The zero-order valence-corrected chi connectivity index (χ0v) is 22.6. The minimum Gasteiger partial charge on any atom is -0.0955 e. The number of allylic oxidation sites excluding steroid dienone is 13. The van der Waals surface area contributed by atoms with Crippen molar-refractivity contribution in [2.24, 2.45) is 5.92 Å². The first kappa shape index (κ1) is 25.0. The summed E-state index contributed by atoms with van der Waals surface area (Å²) in [6, 6.07) is 19.6. The molecule has 2 unspecified atom stereocenters. The van der Waals surface area contributed by atoms with Crippen LogP contribution in [0.15, 0.2) is 138 Å². The van der Waals surface area contributed by atoms with Crippen LogP contribution in [0.25, 0.3) is 11.1 Å². The van der Waals surface area contributed by atoms with Gasteiger partial charge in [0.05, 0.1) is 0 Å². The smallest absolute Gasteiger partial charge is 0.0201 e. The van der Waals surface area contributed by atoms with Gasteiger partial charge in [-0.05, 0) is 83.2 Å². The van der Waals surface area contributed by atoms with Gasteiger partial charge >= 0.3 is 0 Å². The van der Waals surface area contributed by atoms with Gasteiger partial charge in [-0.1, -0.05) is 129 Å². The van der Waals surface area contributed by atoms with Crippen LogP contribution in [0.3, 0.4) is 0 Å². The van der Waals surface area contributed by atoms with E-state index in [1.165, 1.54) is 61.3 Å². The number of benzene rings is 2. The minimum atomic E-state index is 0.285. The van der Waals surface area contributed by atoms with E-state index < -0.39 is 0 Å². The Balaban J connectivity index is 1.44. The highest BCUT2D eigenvalue weighted by Gasteiger charge is 2.40. The highest BCUT2D eigenvalue weighted by Crippen LogP contribution is 2.55. The molecule has 2 aromatic carbocycles. The summed E-state index contributed by atoms with van der Waals surface area (Å²) in [7, 11) is 0. The van der Waals surface area contributed by atoms with Crippen LogP contribution in [0.1, 0.15) is 69.1 Å². The highest BCUT2D eigenvalue weighted by atomic mass is 14.4. The van der Waals surface area contributed by atoms with Crippen LogP contribution in [0.2, 0.25) is 0 Å². The molecule has 37 heavy (non-hydrogen) atoms. The molecule has 0 bridgehead atoms. The normalized spacial score (nSPS) is 22.1. The van der Waals surface area contributed by atoms with Crippen LogP contribution in [-0.4, -0.2) is 0 Å². The molecule has 0 heteroatoms.